The average Bonchev–Trinajstić information content (AvgIpc) is 2.02. The molecule has 0 saturated heterocycles. The fourth-order valence-corrected chi connectivity index (χ4v) is 2.71. The Hall–Kier alpha value is -0.850. The van der Waals surface area contributed by atoms with E-state index in [2.05, 4.69) is 19.6 Å². The topological polar surface area (TPSA) is 17.1 Å². The van der Waals surface area contributed by atoms with Crippen molar-refractivity contribution in [2.24, 2.45) is 11.3 Å². The molecule has 70 valence electrons. The third kappa shape index (κ3) is 1.37. The molecule has 0 radical (unpaired) electrons. The minimum Gasteiger partial charge on any atom is -0.299 e. The van der Waals surface area contributed by atoms with Gasteiger partial charge < -0.3 is 0 Å². The summed E-state index contributed by atoms with van der Waals surface area (Å²) in [6.07, 6.45) is 8.10. The summed E-state index contributed by atoms with van der Waals surface area (Å²) in [4.78, 5) is 11.7. The van der Waals surface area contributed by atoms with Crippen molar-refractivity contribution in [2.45, 2.75) is 32.6 Å². The van der Waals surface area contributed by atoms with E-state index in [9.17, 15) is 4.79 Å². The third-order valence-corrected chi connectivity index (χ3v) is 3.42. The second kappa shape index (κ2) is 2.83. The Bertz CT molecular complexity index is 287. The lowest BCUT2D eigenvalue weighted by Crippen LogP contribution is -2.38. The van der Waals surface area contributed by atoms with Gasteiger partial charge in [0.25, 0.3) is 0 Å². The minimum atomic E-state index is 0.173. The van der Waals surface area contributed by atoms with Crippen LogP contribution in [0.15, 0.2) is 24.3 Å². The molecule has 2 atom stereocenters. The largest absolute Gasteiger partial charge is 0.299 e. The van der Waals surface area contributed by atoms with E-state index in [0.717, 1.165) is 19.3 Å². The van der Waals surface area contributed by atoms with Crippen molar-refractivity contribution in [2.75, 3.05) is 0 Å². The second-order valence-corrected chi connectivity index (χ2v) is 4.65. The van der Waals surface area contributed by atoms with Gasteiger partial charge in [-0.3, -0.25) is 4.79 Å². The molecular weight excluding hydrogens is 160 g/mol. The van der Waals surface area contributed by atoms with Crippen molar-refractivity contribution < 1.29 is 4.79 Å². The van der Waals surface area contributed by atoms with Crippen LogP contribution in [0.25, 0.3) is 0 Å². The van der Waals surface area contributed by atoms with E-state index in [1.807, 2.05) is 6.08 Å². The lowest BCUT2D eigenvalue weighted by atomic mass is 9.62. The molecular formula is C12H16O. The van der Waals surface area contributed by atoms with Crippen LogP contribution in [0, 0.1) is 11.3 Å². The van der Waals surface area contributed by atoms with Gasteiger partial charge in [-0.1, -0.05) is 31.2 Å². The first-order valence-corrected chi connectivity index (χ1v) is 5.00. The fourth-order valence-electron chi connectivity index (χ4n) is 2.71. The van der Waals surface area contributed by atoms with Gasteiger partial charge in [0.15, 0.2) is 0 Å². The van der Waals surface area contributed by atoms with Crippen molar-refractivity contribution in [3.05, 3.63) is 24.3 Å². The summed E-state index contributed by atoms with van der Waals surface area (Å²) in [5.74, 6) is 0.601. The van der Waals surface area contributed by atoms with Crippen LogP contribution in [0.2, 0.25) is 0 Å². The van der Waals surface area contributed by atoms with E-state index < -0.39 is 0 Å². The van der Waals surface area contributed by atoms with Gasteiger partial charge in [-0.15, -0.1) is 0 Å². The van der Waals surface area contributed by atoms with E-state index in [1.165, 1.54) is 12.0 Å². The fraction of sp³-hybridized carbons (Fsp3) is 0.583. The number of hydrogen-bond acceptors (Lipinski definition) is 1. The van der Waals surface area contributed by atoms with Crippen molar-refractivity contribution in [3.8, 4) is 0 Å². The zero-order valence-electron chi connectivity index (χ0n) is 8.18. The first-order chi connectivity index (χ1) is 6.12. The maximum atomic E-state index is 11.7. The zero-order chi connectivity index (χ0) is 9.47. The number of carbonyl (C=O) groups excluding carboxylic acids is 1. The van der Waals surface area contributed by atoms with Crippen LogP contribution < -0.4 is 0 Å². The Labute approximate surface area is 79.5 Å². The molecule has 0 aliphatic heterocycles. The lowest BCUT2D eigenvalue weighted by Gasteiger charge is -2.41. The van der Waals surface area contributed by atoms with Crippen LogP contribution in [-0.4, -0.2) is 5.78 Å². The normalized spacial score (nSPS) is 39.0. The highest BCUT2D eigenvalue weighted by Gasteiger charge is 2.41. The standard InChI is InChI=1S/C12H16O/c1-9-5-6-10-11(13)4-3-7-12(10,2)8-9/h5-6,10H,1,3-4,7-8H2,2H3. The third-order valence-electron chi connectivity index (χ3n) is 3.42. The van der Waals surface area contributed by atoms with Gasteiger partial charge in [0, 0.05) is 12.3 Å². The minimum absolute atomic E-state index is 0.173. The number of carbonyl (C=O) groups is 1. The molecule has 0 heterocycles. The molecule has 1 heteroatoms. The number of allylic oxidation sites excluding steroid dienone is 3. The molecule has 2 aliphatic rings. The molecule has 0 amide bonds. The van der Waals surface area contributed by atoms with Gasteiger partial charge in [-0.2, -0.15) is 0 Å². The Balaban J connectivity index is 2.33. The number of Topliss-reactive ketones (excluding diaryl/α,β-unsaturated/α-hetero) is 1. The summed E-state index contributed by atoms with van der Waals surface area (Å²) >= 11 is 0. The maximum Gasteiger partial charge on any atom is 0.140 e. The van der Waals surface area contributed by atoms with Crippen LogP contribution in [0.4, 0.5) is 0 Å². The number of fused-ring (bicyclic) bond motifs is 1. The van der Waals surface area contributed by atoms with Gasteiger partial charge in [-0.25, -0.2) is 0 Å². The number of ketones is 1. The van der Waals surface area contributed by atoms with E-state index in [0.29, 0.717) is 5.78 Å². The number of rotatable bonds is 0. The molecule has 1 nitrogen and oxygen atoms in total. The van der Waals surface area contributed by atoms with E-state index in [4.69, 9.17) is 0 Å². The highest BCUT2D eigenvalue weighted by molar-refractivity contribution is 5.84. The quantitative estimate of drug-likeness (QED) is 0.554. The average molecular weight is 176 g/mol. The second-order valence-electron chi connectivity index (χ2n) is 4.65. The number of hydrogen-bond donors (Lipinski definition) is 0. The van der Waals surface area contributed by atoms with Crippen LogP contribution in [0.3, 0.4) is 0 Å². The predicted octanol–water partition coefficient (Wildman–Crippen LogP) is 2.88. The van der Waals surface area contributed by atoms with E-state index >= 15 is 0 Å². The van der Waals surface area contributed by atoms with Crippen molar-refractivity contribution in [1.82, 2.24) is 0 Å². The summed E-state index contributed by atoms with van der Waals surface area (Å²) < 4.78 is 0. The van der Waals surface area contributed by atoms with Gasteiger partial charge in [0.1, 0.15) is 5.78 Å². The Morgan fingerprint density at radius 3 is 3.15 bits per heavy atom. The molecule has 0 spiro atoms. The molecule has 0 bridgehead atoms. The molecule has 0 aromatic heterocycles. The van der Waals surface area contributed by atoms with Crippen molar-refractivity contribution in [1.29, 1.82) is 0 Å². The molecule has 0 N–H and O–H groups in total. The van der Waals surface area contributed by atoms with Crippen LogP contribution in [-0.2, 0) is 4.79 Å². The first-order valence-electron chi connectivity index (χ1n) is 5.00. The predicted molar refractivity (Wildman–Crippen MR) is 53.4 cm³/mol. The Morgan fingerprint density at radius 1 is 1.62 bits per heavy atom. The van der Waals surface area contributed by atoms with E-state index in [-0.39, 0.29) is 11.3 Å². The molecule has 2 unspecified atom stereocenters. The molecule has 0 aromatic carbocycles. The van der Waals surface area contributed by atoms with Crippen LogP contribution >= 0.6 is 0 Å². The SMILES string of the molecule is C=C1C=CC2C(=O)CCCC2(C)C1. The first kappa shape index (κ1) is 8.74. The Kier molecular flexibility index (Phi) is 1.90. The molecule has 2 aliphatic carbocycles. The summed E-state index contributed by atoms with van der Waals surface area (Å²) in [6.45, 7) is 6.20. The van der Waals surface area contributed by atoms with Gasteiger partial charge in [0.2, 0.25) is 0 Å². The molecule has 2 rings (SSSR count). The molecule has 0 aromatic rings. The monoisotopic (exact) mass is 176 g/mol. The maximum absolute atomic E-state index is 11.7. The molecule has 1 fully saturated rings. The summed E-state index contributed by atoms with van der Waals surface area (Å²) in [7, 11) is 0. The smallest absolute Gasteiger partial charge is 0.140 e. The van der Waals surface area contributed by atoms with Crippen molar-refractivity contribution >= 4 is 5.78 Å². The van der Waals surface area contributed by atoms with Crippen LogP contribution in [0.1, 0.15) is 32.6 Å². The van der Waals surface area contributed by atoms with Crippen LogP contribution in [0.5, 0.6) is 0 Å². The van der Waals surface area contributed by atoms with Gasteiger partial charge in [-0.05, 0) is 24.7 Å². The highest BCUT2D eigenvalue weighted by atomic mass is 16.1. The molecule has 13 heavy (non-hydrogen) atoms. The molecule has 1 saturated carbocycles. The van der Waals surface area contributed by atoms with Gasteiger partial charge in [0.05, 0.1) is 0 Å². The lowest BCUT2D eigenvalue weighted by molar-refractivity contribution is -0.127. The highest BCUT2D eigenvalue weighted by Crippen LogP contribution is 2.46. The van der Waals surface area contributed by atoms with Gasteiger partial charge >= 0.3 is 0 Å². The Morgan fingerprint density at radius 2 is 2.38 bits per heavy atom. The van der Waals surface area contributed by atoms with E-state index in [1.54, 1.807) is 0 Å². The summed E-state index contributed by atoms with van der Waals surface area (Å²) in [5, 5.41) is 0. The zero-order valence-corrected chi connectivity index (χ0v) is 8.18. The van der Waals surface area contributed by atoms with Crippen molar-refractivity contribution in [3.63, 3.8) is 0 Å². The summed E-state index contributed by atoms with van der Waals surface area (Å²) in [5.41, 5.74) is 1.36. The summed E-state index contributed by atoms with van der Waals surface area (Å²) in [6, 6.07) is 0.